The van der Waals surface area contributed by atoms with Crippen LogP contribution in [0.15, 0.2) is 41.8 Å². The molecule has 0 spiro atoms. The number of ketones is 1. The maximum absolute atomic E-state index is 12.3. The zero-order valence-corrected chi connectivity index (χ0v) is 14.5. The van der Waals surface area contributed by atoms with E-state index in [9.17, 15) is 9.59 Å². The molecule has 0 aliphatic heterocycles. The fraction of sp³-hybridized carbons (Fsp3) is 0.353. The van der Waals surface area contributed by atoms with Gasteiger partial charge in [-0.3, -0.25) is 14.2 Å². The van der Waals surface area contributed by atoms with Crippen molar-refractivity contribution in [2.45, 2.75) is 37.9 Å². The third-order valence-corrected chi connectivity index (χ3v) is 3.63. The molecule has 0 aliphatic rings. The molecule has 2 aromatic rings. The van der Waals surface area contributed by atoms with E-state index in [-0.39, 0.29) is 12.2 Å². The summed E-state index contributed by atoms with van der Waals surface area (Å²) in [4.78, 5) is 28.3. The van der Waals surface area contributed by atoms with Crippen LogP contribution in [-0.2, 0) is 9.53 Å². The molecular weight excluding hydrogens is 312 g/mol. The molecule has 0 N–H and O–H groups in total. The SMILES string of the molecule is CSc1nccn1-c1cccc(C(=O)CC(=O)OC(C)(C)C)c1. The number of esters is 1. The van der Waals surface area contributed by atoms with Crippen LogP contribution in [0, 0.1) is 0 Å². The summed E-state index contributed by atoms with van der Waals surface area (Å²) < 4.78 is 7.09. The van der Waals surface area contributed by atoms with Crippen molar-refractivity contribution in [1.29, 1.82) is 0 Å². The number of benzene rings is 1. The highest BCUT2D eigenvalue weighted by molar-refractivity contribution is 7.98. The summed E-state index contributed by atoms with van der Waals surface area (Å²) in [6.45, 7) is 5.33. The van der Waals surface area contributed by atoms with Crippen molar-refractivity contribution >= 4 is 23.5 Å². The molecule has 23 heavy (non-hydrogen) atoms. The number of aromatic nitrogens is 2. The Morgan fingerprint density at radius 1 is 1.30 bits per heavy atom. The standard InChI is InChI=1S/C17H20N2O3S/c1-17(2,3)22-15(21)11-14(20)12-6-5-7-13(10-12)19-9-8-18-16(19)23-4/h5-10H,11H2,1-4H3. The maximum atomic E-state index is 12.3. The summed E-state index contributed by atoms with van der Waals surface area (Å²) in [5, 5.41) is 0.835. The molecule has 1 heterocycles. The van der Waals surface area contributed by atoms with Crippen molar-refractivity contribution in [2.24, 2.45) is 0 Å². The molecule has 2 rings (SSSR count). The van der Waals surface area contributed by atoms with Gasteiger partial charge in [0.25, 0.3) is 0 Å². The lowest BCUT2D eigenvalue weighted by atomic mass is 10.1. The second-order valence-corrected chi connectivity index (χ2v) is 6.79. The van der Waals surface area contributed by atoms with Crippen LogP contribution in [-0.4, -0.2) is 33.2 Å². The van der Waals surface area contributed by atoms with Crippen molar-refractivity contribution in [1.82, 2.24) is 9.55 Å². The van der Waals surface area contributed by atoms with E-state index in [2.05, 4.69) is 4.98 Å². The van der Waals surface area contributed by atoms with E-state index >= 15 is 0 Å². The third kappa shape index (κ3) is 4.69. The average molecular weight is 332 g/mol. The summed E-state index contributed by atoms with van der Waals surface area (Å²) in [6.07, 6.45) is 5.22. The van der Waals surface area contributed by atoms with E-state index in [0.29, 0.717) is 5.56 Å². The van der Waals surface area contributed by atoms with Gasteiger partial charge in [0.2, 0.25) is 0 Å². The molecule has 0 unspecified atom stereocenters. The number of carbonyl (C=O) groups is 2. The van der Waals surface area contributed by atoms with E-state index in [1.54, 1.807) is 45.2 Å². The Bertz CT molecular complexity index is 717. The van der Waals surface area contributed by atoms with Gasteiger partial charge in [0, 0.05) is 23.6 Å². The van der Waals surface area contributed by atoms with Crippen LogP contribution < -0.4 is 0 Å². The van der Waals surface area contributed by atoms with Crippen LogP contribution in [0.1, 0.15) is 37.6 Å². The second-order valence-electron chi connectivity index (χ2n) is 6.02. The van der Waals surface area contributed by atoms with E-state index in [0.717, 1.165) is 10.8 Å². The predicted octanol–water partition coefficient (Wildman–Crippen LogP) is 3.51. The Morgan fingerprint density at radius 3 is 2.70 bits per heavy atom. The average Bonchev–Trinajstić information content (AvgIpc) is 2.93. The number of carbonyl (C=O) groups excluding carboxylic acids is 2. The number of nitrogens with zero attached hydrogens (tertiary/aromatic N) is 2. The highest BCUT2D eigenvalue weighted by Gasteiger charge is 2.20. The molecule has 122 valence electrons. The molecule has 0 atom stereocenters. The van der Waals surface area contributed by atoms with E-state index in [1.165, 1.54) is 11.8 Å². The number of rotatable bonds is 5. The molecular formula is C17H20N2O3S. The minimum absolute atomic E-state index is 0.257. The normalized spacial score (nSPS) is 11.3. The first-order chi connectivity index (χ1) is 10.8. The summed E-state index contributed by atoms with van der Waals surface area (Å²) >= 11 is 1.52. The van der Waals surface area contributed by atoms with Gasteiger partial charge in [-0.2, -0.15) is 0 Å². The molecule has 0 aliphatic carbocycles. The van der Waals surface area contributed by atoms with Crippen LogP contribution in [0.3, 0.4) is 0 Å². The Hall–Kier alpha value is -2.08. The molecule has 1 aromatic heterocycles. The third-order valence-electron chi connectivity index (χ3n) is 2.96. The quantitative estimate of drug-likeness (QED) is 0.363. The number of imidazole rings is 1. The minimum Gasteiger partial charge on any atom is -0.460 e. The van der Waals surface area contributed by atoms with Gasteiger partial charge in [0.05, 0.1) is 0 Å². The number of thioether (sulfide) groups is 1. The molecule has 1 aromatic carbocycles. The van der Waals surface area contributed by atoms with Gasteiger partial charge in [0.1, 0.15) is 12.0 Å². The van der Waals surface area contributed by atoms with Crippen LogP contribution in [0.2, 0.25) is 0 Å². The number of hydrogen-bond donors (Lipinski definition) is 0. The van der Waals surface area contributed by atoms with Gasteiger partial charge in [-0.15, -0.1) is 0 Å². The molecule has 5 nitrogen and oxygen atoms in total. The molecule has 6 heteroatoms. The Kier molecular flexibility index (Phi) is 5.26. The number of Topliss-reactive ketones (excluding diaryl/α,β-unsaturated/α-hetero) is 1. The second kappa shape index (κ2) is 7.00. The first kappa shape index (κ1) is 17.3. The van der Waals surface area contributed by atoms with Crippen LogP contribution in [0.25, 0.3) is 5.69 Å². The van der Waals surface area contributed by atoms with Crippen molar-refractivity contribution < 1.29 is 14.3 Å². The lowest BCUT2D eigenvalue weighted by Crippen LogP contribution is -2.25. The van der Waals surface area contributed by atoms with Gasteiger partial charge >= 0.3 is 5.97 Å². The summed E-state index contributed by atoms with van der Waals surface area (Å²) in [5.74, 6) is -0.771. The zero-order valence-electron chi connectivity index (χ0n) is 13.7. The van der Waals surface area contributed by atoms with Crippen LogP contribution in [0.5, 0.6) is 0 Å². The van der Waals surface area contributed by atoms with Gasteiger partial charge in [0.15, 0.2) is 10.9 Å². The topological polar surface area (TPSA) is 61.2 Å². The van der Waals surface area contributed by atoms with E-state index in [4.69, 9.17) is 4.74 Å². The molecule has 0 amide bonds. The molecule has 0 fully saturated rings. The van der Waals surface area contributed by atoms with Crippen LogP contribution >= 0.6 is 11.8 Å². The summed E-state index contributed by atoms with van der Waals surface area (Å²) in [7, 11) is 0. The Balaban J connectivity index is 2.17. The van der Waals surface area contributed by atoms with Gasteiger partial charge in [-0.05, 0) is 39.2 Å². The lowest BCUT2D eigenvalue weighted by molar-refractivity contribution is -0.153. The highest BCUT2D eigenvalue weighted by Crippen LogP contribution is 2.19. The van der Waals surface area contributed by atoms with Gasteiger partial charge < -0.3 is 4.74 Å². The first-order valence-electron chi connectivity index (χ1n) is 7.23. The van der Waals surface area contributed by atoms with E-state index in [1.807, 2.05) is 23.1 Å². The lowest BCUT2D eigenvalue weighted by Gasteiger charge is -2.19. The Labute approximate surface area is 140 Å². The summed E-state index contributed by atoms with van der Waals surface area (Å²) in [5.41, 5.74) is 0.722. The number of hydrogen-bond acceptors (Lipinski definition) is 5. The molecule has 0 radical (unpaired) electrons. The van der Waals surface area contributed by atoms with Crippen molar-refractivity contribution in [3.05, 3.63) is 42.2 Å². The molecule has 0 saturated heterocycles. The van der Waals surface area contributed by atoms with E-state index < -0.39 is 11.6 Å². The fourth-order valence-electron chi connectivity index (χ4n) is 2.08. The molecule has 0 bridgehead atoms. The van der Waals surface area contributed by atoms with Gasteiger partial charge in [-0.25, -0.2) is 4.98 Å². The van der Waals surface area contributed by atoms with Crippen molar-refractivity contribution in [3.63, 3.8) is 0 Å². The maximum Gasteiger partial charge on any atom is 0.314 e. The van der Waals surface area contributed by atoms with Crippen molar-refractivity contribution in [3.8, 4) is 5.69 Å². The highest BCUT2D eigenvalue weighted by atomic mass is 32.2. The Morgan fingerprint density at radius 2 is 2.04 bits per heavy atom. The van der Waals surface area contributed by atoms with Crippen LogP contribution in [0.4, 0.5) is 0 Å². The monoisotopic (exact) mass is 332 g/mol. The molecule has 0 saturated carbocycles. The summed E-state index contributed by atoms with van der Waals surface area (Å²) in [6, 6.07) is 7.15. The predicted molar refractivity (Wildman–Crippen MR) is 90.1 cm³/mol. The van der Waals surface area contributed by atoms with Crippen molar-refractivity contribution in [2.75, 3.05) is 6.26 Å². The van der Waals surface area contributed by atoms with Gasteiger partial charge in [-0.1, -0.05) is 23.9 Å². The number of ether oxygens (including phenoxy) is 1. The smallest absolute Gasteiger partial charge is 0.314 e. The minimum atomic E-state index is -0.594. The largest absolute Gasteiger partial charge is 0.460 e. The fourth-order valence-corrected chi connectivity index (χ4v) is 2.61. The first-order valence-corrected chi connectivity index (χ1v) is 8.45. The zero-order chi connectivity index (χ0) is 17.0.